The number of aliphatic carboxylic acids is 1. The highest BCUT2D eigenvalue weighted by molar-refractivity contribution is 5.91. The fraction of sp³-hybridized carbons (Fsp3) is 0.786. The minimum atomic E-state index is -1.01. The first-order valence-corrected chi connectivity index (χ1v) is 14.3. The summed E-state index contributed by atoms with van der Waals surface area (Å²) in [7, 11) is 2.47. The summed E-state index contributed by atoms with van der Waals surface area (Å²) in [6.07, 6.45) is 1.03. The lowest BCUT2D eigenvalue weighted by Crippen LogP contribution is -2.55. The zero-order valence-electron chi connectivity index (χ0n) is 26.2. The molecule has 0 aliphatic carbocycles. The van der Waals surface area contributed by atoms with Gasteiger partial charge in [-0.15, -0.1) is 0 Å². The van der Waals surface area contributed by atoms with Crippen molar-refractivity contribution >= 4 is 35.9 Å². The summed E-state index contributed by atoms with van der Waals surface area (Å²) in [5, 5.41) is 14.2. The highest BCUT2D eigenvalue weighted by Crippen LogP contribution is 2.27. The molecule has 0 aromatic heterocycles. The monoisotopic (exact) mass is 600 g/mol. The van der Waals surface area contributed by atoms with Crippen LogP contribution in [0.3, 0.4) is 0 Å². The van der Waals surface area contributed by atoms with Crippen molar-refractivity contribution < 1.29 is 48.1 Å². The molecular weight excluding hydrogens is 552 g/mol. The summed E-state index contributed by atoms with van der Waals surface area (Å²) in [5.74, 6) is -2.33. The van der Waals surface area contributed by atoms with Crippen molar-refractivity contribution in [3.63, 3.8) is 0 Å². The molecular formula is C28H48N4O10. The summed E-state index contributed by atoms with van der Waals surface area (Å²) in [6, 6.07) is -3.14. The Hall–Kier alpha value is -3.58. The van der Waals surface area contributed by atoms with Crippen LogP contribution >= 0.6 is 0 Å². The van der Waals surface area contributed by atoms with Crippen LogP contribution in [0.15, 0.2) is 0 Å². The van der Waals surface area contributed by atoms with Crippen molar-refractivity contribution in [2.24, 2.45) is 11.8 Å². The first-order chi connectivity index (χ1) is 19.6. The Morgan fingerprint density at radius 3 is 1.45 bits per heavy atom. The largest absolute Gasteiger partial charge is 0.480 e. The average Bonchev–Trinajstić information content (AvgIpc) is 3.51. The van der Waals surface area contributed by atoms with E-state index in [0.29, 0.717) is 19.3 Å². The van der Waals surface area contributed by atoms with Crippen LogP contribution in [0.25, 0.3) is 0 Å². The summed E-state index contributed by atoms with van der Waals surface area (Å²) in [6.45, 7) is 13.0. The van der Waals surface area contributed by atoms with Crippen LogP contribution in [-0.2, 0) is 33.4 Å². The van der Waals surface area contributed by atoms with Gasteiger partial charge >= 0.3 is 24.1 Å². The van der Waals surface area contributed by atoms with E-state index >= 15 is 0 Å². The Morgan fingerprint density at radius 1 is 0.738 bits per heavy atom. The molecule has 3 N–H and O–H groups in total. The number of hydrogen-bond donors (Lipinski definition) is 3. The van der Waals surface area contributed by atoms with E-state index < -0.39 is 42.3 Å². The number of carboxylic acids is 1. The van der Waals surface area contributed by atoms with Gasteiger partial charge in [0, 0.05) is 12.1 Å². The van der Waals surface area contributed by atoms with Crippen molar-refractivity contribution in [2.75, 3.05) is 20.8 Å². The predicted octanol–water partition coefficient (Wildman–Crippen LogP) is 2.14. The molecule has 2 fully saturated rings. The number of carbonyl (C=O) groups is 6. The van der Waals surface area contributed by atoms with E-state index in [1.165, 1.54) is 19.1 Å². The van der Waals surface area contributed by atoms with Crippen LogP contribution in [0, 0.1) is 11.8 Å². The van der Waals surface area contributed by atoms with E-state index in [9.17, 15) is 33.9 Å². The highest BCUT2D eigenvalue weighted by Gasteiger charge is 2.44. The lowest BCUT2D eigenvalue weighted by molar-refractivity contribution is -0.155. The Morgan fingerprint density at radius 2 is 1.12 bits per heavy atom. The fourth-order valence-electron chi connectivity index (χ4n) is 5.14. The third kappa shape index (κ3) is 9.48. The minimum Gasteiger partial charge on any atom is -0.480 e. The molecule has 240 valence electrons. The van der Waals surface area contributed by atoms with Gasteiger partial charge in [0.05, 0.1) is 20.8 Å². The number of ether oxygens (including phenoxy) is 3. The second-order valence-electron chi connectivity index (χ2n) is 11.2. The number of likely N-dealkylation sites (tertiary alicyclic amines) is 2. The smallest absolute Gasteiger partial charge is 0.407 e. The summed E-state index contributed by atoms with van der Waals surface area (Å²) >= 11 is 0. The van der Waals surface area contributed by atoms with Gasteiger partial charge in [-0.2, -0.15) is 0 Å². The number of methoxy groups -OCH3 is 2. The van der Waals surface area contributed by atoms with Crippen LogP contribution in [0.5, 0.6) is 0 Å². The number of nitrogens with one attached hydrogen (secondary N) is 2. The molecule has 0 saturated carbocycles. The Balaban J connectivity index is 0.000000422. The minimum absolute atomic E-state index is 0.0670. The van der Waals surface area contributed by atoms with Gasteiger partial charge in [-0.1, -0.05) is 27.7 Å². The molecule has 14 nitrogen and oxygen atoms in total. The maximum absolute atomic E-state index is 12.8. The Bertz CT molecular complexity index is 972. The molecule has 2 aliphatic rings. The van der Waals surface area contributed by atoms with Gasteiger partial charge in [0.15, 0.2) is 0 Å². The van der Waals surface area contributed by atoms with Crippen molar-refractivity contribution in [3.8, 4) is 0 Å². The number of alkyl carbamates (subject to hydrolysis) is 2. The summed E-state index contributed by atoms with van der Waals surface area (Å²) < 4.78 is 14.1. The molecule has 2 aliphatic heterocycles. The molecule has 6 atom stereocenters. The van der Waals surface area contributed by atoms with Crippen LogP contribution in [-0.4, -0.2) is 108 Å². The number of carbonyl (C=O) groups excluding carboxylic acids is 5. The van der Waals surface area contributed by atoms with E-state index in [0.717, 1.165) is 6.42 Å². The van der Waals surface area contributed by atoms with Crippen molar-refractivity contribution in [2.45, 2.75) is 110 Å². The third-order valence-electron chi connectivity index (χ3n) is 7.47. The zero-order valence-corrected chi connectivity index (χ0v) is 26.2. The topological polar surface area (TPSA) is 181 Å². The normalized spacial score (nSPS) is 22.9. The first-order valence-electron chi connectivity index (χ1n) is 14.3. The maximum Gasteiger partial charge on any atom is 0.407 e. The van der Waals surface area contributed by atoms with Crippen LogP contribution < -0.4 is 10.6 Å². The van der Waals surface area contributed by atoms with E-state index in [4.69, 9.17) is 4.74 Å². The number of rotatable bonds is 9. The second kappa shape index (κ2) is 16.8. The molecule has 0 spiro atoms. The van der Waals surface area contributed by atoms with Gasteiger partial charge in [0.1, 0.15) is 24.2 Å². The molecule has 2 saturated heterocycles. The van der Waals surface area contributed by atoms with Crippen LogP contribution in [0.1, 0.15) is 74.1 Å². The van der Waals surface area contributed by atoms with E-state index in [1.54, 1.807) is 25.7 Å². The molecule has 2 heterocycles. The zero-order chi connectivity index (χ0) is 32.3. The van der Waals surface area contributed by atoms with E-state index in [2.05, 4.69) is 20.1 Å². The molecule has 0 unspecified atom stereocenters. The summed E-state index contributed by atoms with van der Waals surface area (Å²) in [5.41, 5.74) is 0. The van der Waals surface area contributed by atoms with Gasteiger partial charge < -0.3 is 39.8 Å². The summed E-state index contributed by atoms with van der Waals surface area (Å²) in [4.78, 5) is 74.3. The first kappa shape index (κ1) is 36.4. The number of esters is 1. The molecule has 42 heavy (non-hydrogen) atoms. The molecule has 4 amide bonds. The number of hydrogen-bond acceptors (Lipinski definition) is 9. The molecule has 2 rings (SSSR count). The molecule has 14 heteroatoms. The van der Waals surface area contributed by atoms with Crippen molar-refractivity contribution in [1.29, 1.82) is 0 Å². The highest BCUT2D eigenvalue weighted by atomic mass is 16.5. The lowest BCUT2D eigenvalue weighted by Gasteiger charge is -2.32. The molecule has 0 aromatic rings. The SMILES string of the molecule is CCOC(=O)[C@@H]1CC[C@H](C)N1C(=O)[C@@H](NC(=O)OC)C(C)C.COC(=O)N[C@H](C(=O)N1[C@@H](C)CC[C@H]1C(=O)O)C(C)C. The molecule has 0 radical (unpaired) electrons. The predicted molar refractivity (Wildman–Crippen MR) is 151 cm³/mol. The Labute approximate surface area is 247 Å². The second-order valence-corrected chi connectivity index (χ2v) is 11.2. The van der Waals surface area contributed by atoms with Gasteiger partial charge in [-0.3, -0.25) is 9.59 Å². The van der Waals surface area contributed by atoms with Crippen molar-refractivity contribution in [3.05, 3.63) is 0 Å². The Kier molecular flexibility index (Phi) is 14.5. The third-order valence-corrected chi connectivity index (χ3v) is 7.47. The lowest BCUT2D eigenvalue weighted by atomic mass is 10.0. The quantitative estimate of drug-likeness (QED) is 0.262. The van der Waals surface area contributed by atoms with Gasteiger partial charge in [-0.05, 0) is 58.3 Å². The van der Waals surface area contributed by atoms with E-state index in [-0.39, 0.29) is 48.3 Å². The molecule has 0 aromatic carbocycles. The number of amides is 4. The van der Waals surface area contributed by atoms with Gasteiger partial charge in [0.25, 0.3) is 0 Å². The van der Waals surface area contributed by atoms with Crippen LogP contribution in [0.4, 0.5) is 9.59 Å². The fourth-order valence-corrected chi connectivity index (χ4v) is 5.14. The van der Waals surface area contributed by atoms with Crippen LogP contribution in [0.2, 0.25) is 0 Å². The average molecular weight is 601 g/mol. The van der Waals surface area contributed by atoms with Gasteiger partial charge in [-0.25, -0.2) is 19.2 Å². The number of carboxylic acid groups (broad SMARTS) is 1. The van der Waals surface area contributed by atoms with E-state index in [1.807, 2.05) is 27.7 Å². The standard InChI is InChI=1S/C15H26N2O5.C13H22N2O5/c1-6-22-14(19)11-8-7-10(4)17(11)13(18)12(9(2)3)16-15(20)21-5;1-7(2)10(14-13(19)20-4)11(16)15-8(3)5-6-9(15)12(17)18/h9-12H,6-8H2,1-5H3,(H,16,20);7-10H,5-6H2,1-4H3,(H,14,19)(H,17,18)/t10-,11-,12-;8-,9-,10-/m00/s1. The molecule has 0 bridgehead atoms. The number of nitrogens with zero attached hydrogens (tertiary/aromatic N) is 2. The maximum atomic E-state index is 12.8. The van der Waals surface area contributed by atoms with Crippen molar-refractivity contribution in [1.82, 2.24) is 20.4 Å². The van der Waals surface area contributed by atoms with Gasteiger partial charge in [0.2, 0.25) is 11.8 Å².